The second kappa shape index (κ2) is 9.65. The molecular formula is C21H24BrFN2O2. The van der Waals surface area contributed by atoms with E-state index in [1.165, 1.54) is 11.0 Å². The number of rotatable bonds is 7. The average Bonchev–Trinajstić information content (AvgIpc) is 2.62. The van der Waals surface area contributed by atoms with Crippen LogP contribution in [0.1, 0.15) is 31.9 Å². The van der Waals surface area contributed by atoms with Crippen LogP contribution in [0.2, 0.25) is 0 Å². The van der Waals surface area contributed by atoms with E-state index in [9.17, 15) is 14.0 Å². The number of nitrogens with one attached hydrogen (secondary N) is 1. The van der Waals surface area contributed by atoms with Crippen molar-refractivity contribution in [2.24, 2.45) is 0 Å². The van der Waals surface area contributed by atoms with Gasteiger partial charge in [-0.25, -0.2) is 4.39 Å². The Morgan fingerprint density at radius 3 is 2.30 bits per heavy atom. The highest BCUT2D eigenvalue weighted by Gasteiger charge is 2.27. The molecule has 2 amide bonds. The Hall–Kier alpha value is -2.21. The van der Waals surface area contributed by atoms with E-state index in [4.69, 9.17) is 0 Å². The Morgan fingerprint density at radius 2 is 1.70 bits per heavy atom. The molecule has 2 rings (SSSR count). The van der Waals surface area contributed by atoms with Gasteiger partial charge in [-0.05, 0) is 50.1 Å². The molecule has 1 unspecified atom stereocenters. The molecule has 0 fully saturated rings. The Labute approximate surface area is 167 Å². The highest BCUT2D eigenvalue weighted by atomic mass is 79.9. The van der Waals surface area contributed by atoms with Gasteiger partial charge in [0.2, 0.25) is 11.8 Å². The van der Waals surface area contributed by atoms with Crippen molar-refractivity contribution >= 4 is 27.7 Å². The van der Waals surface area contributed by atoms with E-state index in [0.29, 0.717) is 5.56 Å². The first-order chi connectivity index (χ1) is 12.8. The first-order valence-corrected chi connectivity index (χ1v) is 9.65. The van der Waals surface area contributed by atoms with Crippen molar-refractivity contribution in [2.75, 3.05) is 0 Å². The number of carbonyl (C=O) groups excluding carboxylic acids is 2. The Kier molecular flexibility index (Phi) is 7.54. The van der Waals surface area contributed by atoms with Crippen molar-refractivity contribution in [2.45, 2.75) is 45.8 Å². The maximum atomic E-state index is 14.0. The van der Waals surface area contributed by atoms with E-state index in [-0.39, 0.29) is 30.8 Å². The number of hydrogen-bond acceptors (Lipinski definition) is 2. The van der Waals surface area contributed by atoms with Gasteiger partial charge in [0.15, 0.2) is 0 Å². The van der Waals surface area contributed by atoms with Gasteiger partial charge in [0.1, 0.15) is 11.9 Å². The van der Waals surface area contributed by atoms with Gasteiger partial charge < -0.3 is 10.2 Å². The van der Waals surface area contributed by atoms with Crippen LogP contribution in [0.25, 0.3) is 0 Å². The summed E-state index contributed by atoms with van der Waals surface area (Å²) in [4.78, 5) is 26.9. The van der Waals surface area contributed by atoms with E-state index in [1.807, 2.05) is 38.1 Å². The third-order valence-corrected chi connectivity index (χ3v) is 4.69. The topological polar surface area (TPSA) is 49.4 Å². The summed E-state index contributed by atoms with van der Waals surface area (Å²) in [5.41, 5.74) is 1.21. The summed E-state index contributed by atoms with van der Waals surface area (Å²) in [5, 5.41) is 2.83. The fraction of sp³-hybridized carbons (Fsp3) is 0.333. The monoisotopic (exact) mass is 434 g/mol. The van der Waals surface area contributed by atoms with Crippen LogP contribution >= 0.6 is 15.9 Å². The molecule has 6 heteroatoms. The highest BCUT2D eigenvalue weighted by molar-refractivity contribution is 9.10. The predicted octanol–water partition coefficient (Wildman–Crippen LogP) is 4.07. The van der Waals surface area contributed by atoms with Crippen LogP contribution in [0.4, 0.5) is 4.39 Å². The number of hydrogen-bond donors (Lipinski definition) is 1. The van der Waals surface area contributed by atoms with E-state index in [2.05, 4.69) is 21.2 Å². The van der Waals surface area contributed by atoms with E-state index >= 15 is 0 Å². The van der Waals surface area contributed by atoms with Crippen molar-refractivity contribution in [1.29, 1.82) is 0 Å². The van der Waals surface area contributed by atoms with Crippen LogP contribution < -0.4 is 5.32 Å². The first-order valence-electron chi connectivity index (χ1n) is 8.85. The quantitative estimate of drug-likeness (QED) is 0.713. The summed E-state index contributed by atoms with van der Waals surface area (Å²) in [7, 11) is 0. The Morgan fingerprint density at radius 1 is 1.07 bits per heavy atom. The molecule has 144 valence electrons. The summed E-state index contributed by atoms with van der Waals surface area (Å²) in [6, 6.07) is 13.0. The molecular weight excluding hydrogens is 411 g/mol. The van der Waals surface area contributed by atoms with Crippen molar-refractivity contribution in [3.05, 3.63) is 69.9 Å². The maximum Gasteiger partial charge on any atom is 0.242 e. The minimum absolute atomic E-state index is 0.0313. The Bertz CT molecular complexity index is 793. The van der Waals surface area contributed by atoms with Gasteiger partial charge in [-0.3, -0.25) is 9.59 Å². The lowest BCUT2D eigenvalue weighted by Crippen LogP contribution is -2.49. The minimum Gasteiger partial charge on any atom is -0.352 e. The molecule has 0 bridgehead atoms. The summed E-state index contributed by atoms with van der Waals surface area (Å²) in [5.74, 6) is -0.952. The third-order valence-electron chi connectivity index (χ3n) is 4.16. The molecule has 1 atom stereocenters. The zero-order chi connectivity index (χ0) is 20.0. The number of nitrogens with zero attached hydrogens (tertiary/aromatic N) is 1. The number of halogens is 2. The normalized spacial score (nSPS) is 11.9. The molecule has 0 saturated heterocycles. The molecule has 4 nitrogen and oxygen atoms in total. The lowest BCUT2D eigenvalue weighted by Gasteiger charge is -2.29. The van der Waals surface area contributed by atoms with Crippen LogP contribution in [0.3, 0.4) is 0 Å². The predicted molar refractivity (Wildman–Crippen MR) is 108 cm³/mol. The van der Waals surface area contributed by atoms with Crippen molar-refractivity contribution in [1.82, 2.24) is 10.2 Å². The highest BCUT2D eigenvalue weighted by Crippen LogP contribution is 2.16. The zero-order valence-electron chi connectivity index (χ0n) is 15.7. The second-order valence-corrected chi connectivity index (χ2v) is 7.67. The molecule has 27 heavy (non-hydrogen) atoms. The van der Waals surface area contributed by atoms with Gasteiger partial charge in [-0.2, -0.15) is 0 Å². The smallest absolute Gasteiger partial charge is 0.242 e. The van der Waals surface area contributed by atoms with Crippen LogP contribution in [-0.2, 0) is 22.6 Å². The summed E-state index contributed by atoms with van der Waals surface area (Å²) >= 11 is 3.39. The van der Waals surface area contributed by atoms with Crippen LogP contribution in [-0.4, -0.2) is 28.8 Å². The summed E-state index contributed by atoms with van der Waals surface area (Å²) < 4.78 is 14.9. The molecule has 0 spiro atoms. The summed E-state index contributed by atoms with van der Waals surface area (Å²) in [6.07, 6.45) is -0.0947. The molecule has 0 saturated carbocycles. The van der Waals surface area contributed by atoms with Gasteiger partial charge in [-0.15, -0.1) is 0 Å². The summed E-state index contributed by atoms with van der Waals surface area (Å²) in [6.45, 7) is 5.69. The third kappa shape index (κ3) is 6.17. The van der Waals surface area contributed by atoms with Gasteiger partial charge in [0.25, 0.3) is 0 Å². The van der Waals surface area contributed by atoms with Crippen molar-refractivity contribution in [3.63, 3.8) is 0 Å². The largest absolute Gasteiger partial charge is 0.352 e. The fourth-order valence-electron chi connectivity index (χ4n) is 2.68. The molecule has 2 aromatic carbocycles. The fourth-order valence-corrected chi connectivity index (χ4v) is 2.94. The molecule has 0 aliphatic carbocycles. The molecule has 0 heterocycles. The Balaban J connectivity index is 2.24. The lowest BCUT2D eigenvalue weighted by atomic mass is 10.1. The van der Waals surface area contributed by atoms with Gasteiger partial charge in [0.05, 0.1) is 6.42 Å². The molecule has 0 radical (unpaired) electrons. The van der Waals surface area contributed by atoms with Crippen molar-refractivity contribution in [3.8, 4) is 0 Å². The molecule has 2 aromatic rings. The molecule has 0 aromatic heterocycles. The SMILES string of the molecule is CC(C)NC(=O)C(C)N(Cc1ccc(Br)cc1)C(=O)Cc1ccccc1F. The lowest BCUT2D eigenvalue weighted by molar-refractivity contribution is -0.140. The van der Waals surface area contributed by atoms with Gasteiger partial charge >= 0.3 is 0 Å². The molecule has 0 aliphatic heterocycles. The number of amides is 2. The van der Waals surface area contributed by atoms with Gasteiger partial charge in [0, 0.05) is 17.1 Å². The minimum atomic E-state index is -0.671. The van der Waals surface area contributed by atoms with Crippen LogP contribution in [0.5, 0.6) is 0 Å². The molecule has 0 aliphatic rings. The van der Waals surface area contributed by atoms with Crippen LogP contribution in [0, 0.1) is 5.82 Å². The van der Waals surface area contributed by atoms with E-state index in [1.54, 1.807) is 25.1 Å². The average molecular weight is 435 g/mol. The standard InChI is InChI=1S/C21H24BrFN2O2/c1-14(2)24-21(27)15(3)25(13-16-8-10-18(22)11-9-16)20(26)12-17-6-4-5-7-19(17)23/h4-11,14-15H,12-13H2,1-3H3,(H,24,27). The molecule has 1 N–H and O–H groups in total. The van der Waals surface area contributed by atoms with E-state index < -0.39 is 11.9 Å². The second-order valence-electron chi connectivity index (χ2n) is 6.76. The van der Waals surface area contributed by atoms with Crippen LogP contribution in [0.15, 0.2) is 53.0 Å². The number of benzene rings is 2. The number of carbonyl (C=O) groups is 2. The first kappa shape index (κ1) is 21.1. The zero-order valence-corrected chi connectivity index (χ0v) is 17.3. The van der Waals surface area contributed by atoms with E-state index in [0.717, 1.165) is 10.0 Å². The maximum absolute atomic E-state index is 14.0. The van der Waals surface area contributed by atoms with Gasteiger partial charge in [-0.1, -0.05) is 46.3 Å². The van der Waals surface area contributed by atoms with Crippen molar-refractivity contribution < 1.29 is 14.0 Å².